The van der Waals surface area contributed by atoms with E-state index in [0.29, 0.717) is 21.4 Å². The third kappa shape index (κ3) is 3.71. The zero-order chi connectivity index (χ0) is 16.4. The third-order valence-electron chi connectivity index (χ3n) is 3.91. The zero-order valence-corrected chi connectivity index (χ0v) is 14.2. The Hall–Kier alpha value is -1.49. The van der Waals surface area contributed by atoms with Crippen LogP contribution in [-0.2, 0) is 4.74 Å². The van der Waals surface area contributed by atoms with Crippen LogP contribution in [0.3, 0.4) is 0 Å². The molecule has 6 heteroatoms. The molecule has 23 heavy (non-hydrogen) atoms. The summed E-state index contributed by atoms with van der Waals surface area (Å²) in [4.78, 5) is 12.3. The Balaban J connectivity index is 1.73. The Kier molecular flexibility index (Phi) is 4.95. The first kappa shape index (κ1) is 16.4. The summed E-state index contributed by atoms with van der Waals surface area (Å²) in [6.07, 6.45) is 2.06. The SMILES string of the molecule is C[C@@H](NC(=O)c1ccc(-c2cc(Cl)ccc2Cl)o1)[C@@H]1CCCO1. The van der Waals surface area contributed by atoms with Gasteiger partial charge in [-0.3, -0.25) is 4.79 Å². The molecule has 0 saturated carbocycles. The number of hydrogen-bond donors (Lipinski definition) is 1. The molecular weight excluding hydrogens is 337 g/mol. The molecule has 1 fully saturated rings. The van der Waals surface area contributed by atoms with Crippen LogP contribution in [0, 0.1) is 0 Å². The van der Waals surface area contributed by atoms with E-state index in [-0.39, 0.29) is 23.8 Å². The van der Waals surface area contributed by atoms with Gasteiger partial charge in [0.05, 0.1) is 17.2 Å². The smallest absolute Gasteiger partial charge is 0.287 e. The average molecular weight is 354 g/mol. The number of hydrogen-bond acceptors (Lipinski definition) is 3. The number of carbonyl (C=O) groups excluding carboxylic acids is 1. The molecule has 0 bridgehead atoms. The van der Waals surface area contributed by atoms with Gasteiger partial charge in [0.2, 0.25) is 0 Å². The zero-order valence-electron chi connectivity index (χ0n) is 12.6. The van der Waals surface area contributed by atoms with Gasteiger partial charge in [-0.2, -0.15) is 0 Å². The van der Waals surface area contributed by atoms with E-state index in [0.717, 1.165) is 19.4 Å². The highest BCUT2D eigenvalue weighted by Gasteiger charge is 2.25. The van der Waals surface area contributed by atoms with Crippen LogP contribution < -0.4 is 5.32 Å². The van der Waals surface area contributed by atoms with Gasteiger partial charge in [-0.25, -0.2) is 0 Å². The molecular formula is C17H17Cl2NO3. The topological polar surface area (TPSA) is 51.5 Å². The van der Waals surface area contributed by atoms with Gasteiger partial charge in [-0.1, -0.05) is 23.2 Å². The van der Waals surface area contributed by atoms with Crippen molar-refractivity contribution in [3.05, 3.63) is 46.1 Å². The number of halogens is 2. The fraction of sp³-hybridized carbons (Fsp3) is 0.353. The Bertz CT molecular complexity index is 708. The van der Waals surface area contributed by atoms with Gasteiger partial charge in [0.1, 0.15) is 5.76 Å². The number of nitrogens with one attached hydrogen (secondary N) is 1. The normalized spacial score (nSPS) is 18.8. The van der Waals surface area contributed by atoms with Crippen LogP contribution in [0.2, 0.25) is 10.0 Å². The minimum Gasteiger partial charge on any atom is -0.451 e. The van der Waals surface area contributed by atoms with Crippen molar-refractivity contribution < 1.29 is 13.9 Å². The summed E-state index contributed by atoms with van der Waals surface area (Å²) in [7, 11) is 0. The van der Waals surface area contributed by atoms with Crippen LogP contribution in [0.15, 0.2) is 34.7 Å². The molecule has 0 aliphatic carbocycles. The Morgan fingerprint density at radius 2 is 2.13 bits per heavy atom. The van der Waals surface area contributed by atoms with E-state index in [4.69, 9.17) is 32.4 Å². The van der Waals surface area contributed by atoms with E-state index in [1.165, 1.54) is 0 Å². The molecule has 1 aromatic carbocycles. The van der Waals surface area contributed by atoms with Crippen molar-refractivity contribution in [3.8, 4) is 11.3 Å². The van der Waals surface area contributed by atoms with Gasteiger partial charge in [-0.15, -0.1) is 0 Å². The van der Waals surface area contributed by atoms with Crippen molar-refractivity contribution in [2.75, 3.05) is 6.61 Å². The van der Waals surface area contributed by atoms with Crippen LogP contribution in [0.4, 0.5) is 0 Å². The van der Waals surface area contributed by atoms with E-state index >= 15 is 0 Å². The van der Waals surface area contributed by atoms with Crippen molar-refractivity contribution in [2.24, 2.45) is 0 Å². The summed E-state index contributed by atoms with van der Waals surface area (Å²) in [5.74, 6) is 0.478. The third-order valence-corrected chi connectivity index (χ3v) is 4.47. The molecule has 2 atom stereocenters. The lowest BCUT2D eigenvalue weighted by Crippen LogP contribution is -2.40. The Labute approximate surface area is 144 Å². The van der Waals surface area contributed by atoms with Gasteiger partial charge in [-0.05, 0) is 50.1 Å². The van der Waals surface area contributed by atoms with Gasteiger partial charge < -0.3 is 14.5 Å². The number of ether oxygens (including phenoxy) is 1. The molecule has 4 nitrogen and oxygen atoms in total. The lowest BCUT2D eigenvalue weighted by molar-refractivity contribution is 0.0697. The maximum absolute atomic E-state index is 12.3. The first-order chi connectivity index (χ1) is 11.0. The number of amides is 1. The Morgan fingerprint density at radius 3 is 2.87 bits per heavy atom. The lowest BCUT2D eigenvalue weighted by atomic mass is 10.1. The van der Waals surface area contributed by atoms with Crippen molar-refractivity contribution in [3.63, 3.8) is 0 Å². The molecule has 2 aromatic rings. The quantitative estimate of drug-likeness (QED) is 0.876. The van der Waals surface area contributed by atoms with E-state index in [1.807, 2.05) is 6.92 Å². The van der Waals surface area contributed by atoms with Crippen LogP contribution in [0.1, 0.15) is 30.3 Å². The number of benzene rings is 1. The van der Waals surface area contributed by atoms with Crippen molar-refractivity contribution in [2.45, 2.75) is 31.9 Å². The van der Waals surface area contributed by atoms with Gasteiger partial charge in [0.15, 0.2) is 5.76 Å². The maximum Gasteiger partial charge on any atom is 0.287 e. The van der Waals surface area contributed by atoms with Gasteiger partial charge >= 0.3 is 0 Å². The van der Waals surface area contributed by atoms with Crippen molar-refractivity contribution >= 4 is 29.1 Å². The number of rotatable bonds is 4. The first-order valence-electron chi connectivity index (χ1n) is 7.52. The maximum atomic E-state index is 12.3. The molecule has 1 saturated heterocycles. The number of furan rings is 1. The summed E-state index contributed by atoms with van der Waals surface area (Å²) in [5, 5.41) is 3.98. The van der Waals surface area contributed by atoms with Crippen molar-refractivity contribution in [1.29, 1.82) is 0 Å². The van der Waals surface area contributed by atoms with Gasteiger partial charge in [0.25, 0.3) is 5.91 Å². The molecule has 3 rings (SSSR count). The van der Waals surface area contributed by atoms with Crippen LogP contribution in [0.25, 0.3) is 11.3 Å². The van der Waals surface area contributed by atoms with Crippen molar-refractivity contribution in [1.82, 2.24) is 5.32 Å². The average Bonchev–Trinajstić information content (AvgIpc) is 3.20. The summed E-state index contributed by atoms with van der Waals surface area (Å²) >= 11 is 12.1. The molecule has 1 aliphatic heterocycles. The largest absolute Gasteiger partial charge is 0.451 e. The minimum atomic E-state index is -0.266. The molecule has 122 valence electrons. The van der Waals surface area contributed by atoms with E-state index in [2.05, 4.69) is 5.32 Å². The second-order valence-electron chi connectivity index (χ2n) is 5.60. The molecule has 2 heterocycles. The first-order valence-corrected chi connectivity index (χ1v) is 8.28. The fourth-order valence-electron chi connectivity index (χ4n) is 2.66. The number of carbonyl (C=O) groups is 1. The summed E-state index contributed by atoms with van der Waals surface area (Å²) in [5.41, 5.74) is 0.658. The van der Waals surface area contributed by atoms with Crippen LogP contribution in [0.5, 0.6) is 0 Å². The lowest BCUT2D eigenvalue weighted by Gasteiger charge is -2.19. The molecule has 0 spiro atoms. The molecule has 0 unspecified atom stereocenters. The van der Waals surface area contributed by atoms with Gasteiger partial charge in [0, 0.05) is 17.2 Å². The molecule has 1 N–H and O–H groups in total. The highest BCUT2D eigenvalue weighted by molar-refractivity contribution is 6.35. The summed E-state index contributed by atoms with van der Waals surface area (Å²) in [6, 6.07) is 8.38. The summed E-state index contributed by atoms with van der Waals surface area (Å²) in [6.45, 7) is 2.69. The van der Waals surface area contributed by atoms with Crippen LogP contribution in [-0.4, -0.2) is 24.7 Å². The molecule has 1 aromatic heterocycles. The standard InChI is InChI=1S/C17H17Cl2NO3/c1-10(14-3-2-8-22-14)20-17(21)16-7-6-15(23-16)12-9-11(18)4-5-13(12)19/h4-7,9-10,14H,2-3,8H2,1H3,(H,20,21)/t10-,14+/m1/s1. The minimum absolute atomic E-state index is 0.0618. The second-order valence-corrected chi connectivity index (χ2v) is 6.45. The monoisotopic (exact) mass is 353 g/mol. The highest BCUT2D eigenvalue weighted by Crippen LogP contribution is 2.31. The highest BCUT2D eigenvalue weighted by atomic mass is 35.5. The van der Waals surface area contributed by atoms with E-state index in [1.54, 1.807) is 30.3 Å². The predicted molar refractivity (Wildman–Crippen MR) is 90.1 cm³/mol. The van der Waals surface area contributed by atoms with E-state index in [9.17, 15) is 4.79 Å². The molecule has 1 aliphatic rings. The summed E-state index contributed by atoms with van der Waals surface area (Å²) < 4.78 is 11.2. The van der Waals surface area contributed by atoms with Crippen LogP contribution >= 0.6 is 23.2 Å². The predicted octanol–water partition coefficient (Wildman–Crippen LogP) is 4.55. The molecule has 1 amide bonds. The second kappa shape index (κ2) is 6.95. The Morgan fingerprint density at radius 1 is 1.30 bits per heavy atom. The van der Waals surface area contributed by atoms with E-state index < -0.39 is 0 Å². The molecule has 0 radical (unpaired) electrons. The fourth-order valence-corrected chi connectivity index (χ4v) is 3.04.